The van der Waals surface area contributed by atoms with E-state index in [2.05, 4.69) is 10.4 Å². The van der Waals surface area contributed by atoms with Gasteiger partial charge < -0.3 is 10.1 Å². The van der Waals surface area contributed by atoms with Gasteiger partial charge in [-0.2, -0.15) is 10.1 Å². The van der Waals surface area contributed by atoms with Crippen LogP contribution < -0.4 is 15.1 Å². The molecule has 0 aliphatic carbocycles. The SMILES string of the molecule is Cc1cccc(OC(C)C(=O)NC2=NN(c3c(C)cc(Cl)cc3Cl)C(=O)C2)c1. The van der Waals surface area contributed by atoms with Crippen molar-refractivity contribution in [2.45, 2.75) is 33.3 Å². The molecule has 8 heteroatoms. The number of nitrogens with zero attached hydrogens (tertiary/aromatic N) is 2. The third-order valence-electron chi connectivity index (χ3n) is 4.15. The van der Waals surface area contributed by atoms with E-state index in [0.29, 0.717) is 27.0 Å². The topological polar surface area (TPSA) is 71.0 Å². The van der Waals surface area contributed by atoms with Crippen molar-refractivity contribution < 1.29 is 14.3 Å². The summed E-state index contributed by atoms with van der Waals surface area (Å²) in [6, 6.07) is 10.6. The zero-order valence-corrected chi connectivity index (χ0v) is 17.1. The normalized spacial score (nSPS) is 14.7. The second-order valence-electron chi connectivity index (χ2n) is 6.55. The minimum absolute atomic E-state index is 0.0404. The number of rotatable bonds is 4. The fourth-order valence-corrected chi connectivity index (χ4v) is 3.50. The van der Waals surface area contributed by atoms with Crippen LogP contribution in [0.1, 0.15) is 24.5 Å². The second-order valence-corrected chi connectivity index (χ2v) is 7.39. The van der Waals surface area contributed by atoms with Gasteiger partial charge in [0, 0.05) is 5.02 Å². The van der Waals surface area contributed by atoms with Gasteiger partial charge in [-0.05, 0) is 56.2 Å². The molecular formula is C20H19Cl2N3O3. The number of ether oxygens (including phenoxy) is 1. The van der Waals surface area contributed by atoms with Crippen LogP contribution in [0.2, 0.25) is 10.0 Å². The minimum atomic E-state index is -0.755. The molecule has 0 spiro atoms. The summed E-state index contributed by atoms with van der Waals surface area (Å²) >= 11 is 12.2. The van der Waals surface area contributed by atoms with Crippen molar-refractivity contribution >= 4 is 46.5 Å². The first-order chi connectivity index (χ1) is 13.2. The minimum Gasteiger partial charge on any atom is -0.481 e. The number of nitrogens with one attached hydrogen (secondary N) is 1. The van der Waals surface area contributed by atoms with Gasteiger partial charge in [0.15, 0.2) is 6.10 Å². The Bertz CT molecular complexity index is 952. The highest BCUT2D eigenvalue weighted by Gasteiger charge is 2.30. The summed E-state index contributed by atoms with van der Waals surface area (Å²) in [6.07, 6.45) is -0.795. The van der Waals surface area contributed by atoms with Gasteiger partial charge in [0.1, 0.15) is 11.6 Å². The van der Waals surface area contributed by atoms with Crippen LogP contribution in [0.4, 0.5) is 5.69 Å². The molecule has 0 aromatic heterocycles. The molecule has 1 aliphatic rings. The van der Waals surface area contributed by atoms with E-state index in [1.165, 1.54) is 5.01 Å². The van der Waals surface area contributed by atoms with Crippen molar-refractivity contribution in [3.63, 3.8) is 0 Å². The quantitative estimate of drug-likeness (QED) is 0.804. The lowest BCUT2D eigenvalue weighted by molar-refractivity contribution is -0.125. The number of hydrazone groups is 1. The maximum Gasteiger partial charge on any atom is 0.266 e. The van der Waals surface area contributed by atoms with Crippen molar-refractivity contribution in [1.29, 1.82) is 0 Å². The summed E-state index contributed by atoms with van der Waals surface area (Å²) in [5.74, 6) is 0.140. The van der Waals surface area contributed by atoms with E-state index < -0.39 is 12.0 Å². The zero-order valence-electron chi connectivity index (χ0n) is 15.6. The number of carbonyl (C=O) groups is 2. The van der Waals surface area contributed by atoms with Crippen molar-refractivity contribution in [2.75, 3.05) is 5.01 Å². The van der Waals surface area contributed by atoms with Crippen LogP contribution >= 0.6 is 23.2 Å². The standard InChI is InChI=1S/C20H19Cl2N3O3/c1-11-5-4-6-15(7-11)28-13(3)20(27)23-17-10-18(26)25(24-17)19-12(2)8-14(21)9-16(19)22/h4-9,13H,10H2,1-3H3,(H,23,24,27). The predicted molar refractivity (Wildman–Crippen MR) is 110 cm³/mol. The first-order valence-electron chi connectivity index (χ1n) is 8.65. The summed E-state index contributed by atoms with van der Waals surface area (Å²) < 4.78 is 5.66. The molecule has 146 valence electrons. The summed E-state index contributed by atoms with van der Waals surface area (Å²) in [5, 5.41) is 8.84. The van der Waals surface area contributed by atoms with Crippen molar-refractivity contribution in [3.05, 3.63) is 57.6 Å². The Kier molecular flexibility index (Phi) is 5.91. The van der Waals surface area contributed by atoms with Crippen LogP contribution in [0.5, 0.6) is 5.75 Å². The van der Waals surface area contributed by atoms with Crippen LogP contribution in [-0.4, -0.2) is 23.8 Å². The molecule has 0 bridgehead atoms. The monoisotopic (exact) mass is 419 g/mol. The first kappa shape index (κ1) is 20.2. The summed E-state index contributed by atoms with van der Waals surface area (Å²) in [5.41, 5.74) is 2.18. The molecule has 0 fully saturated rings. The van der Waals surface area contributed by atoms with Gasteiger partial charge >= 0.3 is 0 Å². The largest absolute Gasteiger partial charge is 0.481 e. The van der Waals surface area contributed by atoms with E-state index in [-0.39, 0.29) is 18.2 Å². The lowest BCUT2D eigenvalue weighted by atomic mass is 10.2. The Morgan fingerprint density at radius 2 is 2.00 bits per heavy atom. The van der Waals surface area contributed by atoms with Crippen LogP contribution in [0.15, 0.2) is 41.5 Å². The van der Waals surface area contributed by atoms with Crippen LogP contribution in [0.25, 0.3) is 0 Å². The number of hydrogen-bond donors (Lipinski definition) is 1. The van der Waals surface area contributed by atoms with E-state index in [1.807, 2.05) is 25.1 Å². The number of aryl methyl sites for hydroxylation is 2. The summed E-state index contributed by atoms with van der Waals surface area (Å²) in [6.45, 7) is 5.35. The molecule has 1 N–H and O–H groups in total. The Hall–Kier alpha value is -2.57. The van der Waals surface area contributed by atoms with Gasteiger partial charge in [-0.1, -0.05) is 35.3 Å². The summed E-state index contributed by atoms with van der Waals surface area (Å²) in [7, 11) is 0. The van der Waals surface area contributed by atoms with E-state index >= 15 is 0 Å². The molecule has 0 saturated carbocycles. The van der Waals surface area contributed by atoms with Gasteiger partial charge in [-0.3, -0.25) is 9.59 Å². The third-order valence-corrected chi connectivity index (χ3v) is 4.65. The van der Waals surface area contributed by atoms with E-state index in [4.69, 9.17) is 27.9 Å². The number of carbonyl (C=O) groups excluding carboxylic acids is 2. The Labute approximate surface area is 173 Å². The lowest BCUT2D eigenvalue weighted by Crippen LogP contribution is -2.39. The van der Waals surface area contributed by atoms with Crippen molar-refractivity contribution in [2.24, 2.45) is 5.10 Å². The Morgan fingerprint density at radius 1 is 1.25 bits per heavy atom. The number of amides is 2. The smallest absolute Gasteiger partial charge is 0.266 e. The molecule has 28 heavy (non-hydrogen) atoms. The Morgan fingerprint density at radius 3 is 2.68 bits per heavy atom. The highest BCUT2D eigenvalue weighted by Crippen LogP contribution is 2.34. The van der Waals surface area contributed by atoms with E-state index in [1.54, 1.807) is 32.0 Å². The fraction of sp³-hybridized carbons (Fsp3) is 0.250. The highest BCUT2D eigenvalue weighted by molar-refractivity contribution is 6.37. The number of benzene rings is 2. The van der Waals surface area contributed by atoms with Gasteiger partial charge in [-0.15, -0.1) is 0 Å². The molecule has 1 atom stereocenters. The van der Waals surface area contributed by atoms with Crippen LogP contribution in [0, 0.1) is 13.8 Å². The lowest BCUT2D eigenvalue weighted by Gasteiger charge is -2.16. The summed E-state index contributed by atoms with van der Waals surface area (Å²) in [4.78, 5) is 24.8. The van der Waals surface area contributed by atoms with Gasteiger partial charge in [-0.25, -0.2) is 0 Å². The molecule has 6 nitrogen and oxygen atoms in total. The van der Waals surface area contributed by atoms with Crippen molar-refractivity contribution in [3.8, 4) is 5.75 Å². The molecule has 2 aromatic rings. The maximum absolute atomic E-state index is 12.4. The number of amidine groups is 1. The molecule has 2 aromatic carbocycles. The molecule has 1 aliphatic heterocycles. The van der Waals surface area contributed by atoms with Crippen molar-refractivity contribution in [1.82, 2.24) is 5.32 Å². The van der Waals surface area contributed by atoms with Crippen LogP contribution in [-0.2, 0) is 9.59 Å². The van der Waals surface area contributed by atoms with E-state index in [0.717, 1.165) is 5.56 Å². The zero-order chi connectivity index (χ0) is 20.4. The van der Waals surface area contributed by atoms with Gasteiger partial charge in [0.05, 0.1) is 17.1 Å². The average Bonchev–Trinajstić information content (AvgIpc) is 2.94. The molecule has 3 rings (SSSR count). The second kappa shape index (κ2) is 8.20. The first-order valence-corrected chi connectivity index (χ1v) is 9.40. The molecule has 0 saturated heterocycles. The fourth-order valence-electron chi connectivity index (χ4n) is 2.83. The number of anilines is 1. The predicted octanol–water partition coefficient (Wildman–Crippen LogP) is 4.24. The number of hydrogen-bond acceptors (Lipinski definition) is 4. The molecule has 1 unspecified atom stereocenters. The van der Waals surface area contributed by atoms with Gasteiger partial charge in [0.25, 0.3) is 11.8 Å². The number of halogens is 2. The molecular weight excluding hydrogens is 401 g/mol. The van der Waals surface area contributed by atoms with Gasteiger partial charge in [0.2, 0.25) is 0 Å². The Balaban J connectivity index is 1.72. The van der Waals surface area contributed by atoms with Crippen LogP contribution in [0.3, 0.4) is 0 Å². The third kappa shape index (κ3) is 4.46. The molecule has 2 amide bonds. The average molecular weight is 420 g/mol. The molecule has 0 radical (unpaired) electrons. The molecule has 1 heterocycles. The highest BCUT2D eigenvalue weighted by atomic mass is 35.5. The van der Waals surface area contributed by atoms with E-state index in [9.17, 15) is 9.59 Å². The maximum atomic E-state index is 12.4.